The fourth-order valence-corrected chi connectivity index (χ4v) is 2.32. The molecule has 1 aliphatic heterocycles. The second-order valence-corrected chi connectivity index (χ2v) is 5.08. The highest BCUT2D eigenvalue weighted by Crippen LogP contribution is 2.24. The predicted octanol–water partition coefficient (Wildman–Crippen LogP) is 1.71. The molecule has 0 radical (unpaired) electrons. The van der Waals surface area contributed by atoms with Crippen molar-refractivity contribution < 1.29 is 9.53 Å². The number of nitrogens with two attached hydrogens (primary N) is 1. The van der Waals surface area contributed by atoms with Gasteiger partial charge in [-0.05, 0) is 43.0 Å². The number of hydrogen-bond donors (Lipinski definition) is 1. The first kappa shape index (κ1) is 13.9. The molecule has 0 bridgehead atoms. The fourth-order valence-electron chi connectivity index (χ4n) is 2.32. The number of carbonyl (C=O) groups excluding carboxylic acids is 1. The quantitative estimate of drug-likeness (QED) is 0.898. The Hall–Kier alpha value is -1.55. The first-order valence-electron chi connectivity index (χ1n) is 6.90. The van der Waals surface area contributed by atoms with E-state index in [2.05, 4.69) is 19.1 Å². The number of carbonyl (C=O) groups is 1. The van der Waals surface area contributed by atoms with Crippen LogP contribution in [0.1, 0.15) is 31.4 Å². The molecule has 0 fully saturated rings. The van der Waals surface area contributed by atoms with Crippen LogP contribution in [0.25, 0.3) is 0 Å². The molecule has 1 heterocycles. The minimum absolute atomic E-state index is 0.0250. The smallest absolute Gasteiger partial charge is 0.239 e. The van der Waals surface area contributed by atoms with Gasteiger partial charge in [0.1, 0.15) is 5.75 Å². The Balaban J connectivity index is 2.08. The van der Waals surface area contributed by atoms with Crippen LogP contribution in [0.2, 0.25) is 0 Å². The average Bonchev–Trinajstić information content (AvgIpc) is 2.43. The summed E-state index contributed by atoms with van der Waals surface area (Å²) in [5.41, 5.74) is 8.13. The molecule has 0 aromatic heterocycles. The van der Waals surface area contributed by atoms with Crippen LogP contribution < -0.4 is 10.5 Å². The maximum Gasteiger partial charge on any atom is 0.239 e. The minimum Gasteiger partial charge on any atom is -0.494 e. The van der Waals surface area contributed by atoms with Gasteiger partial charge in [-0.25, -0.2) is 0 Å². The third-order valence-electron chi connectivity index (χ3n) is 3.36. The normalized spacial score (nSPS) is 15.8. The van der Waals surface area contributed by atoms with Gasteiger partial charge in [-0.1, -0.05) is 13.0 Å². The van der Waals surface area contributed by atoms with Crippen LogP contribution in [0.3, 0.4) is 0 Å². The number of nitrogens with zero attached hydrogens (tertiary/aromatic N) is 1. The van der Waals surface area contributed by atoms with Crippen LogP contribution in [-0.4, -0.2) is 30.0 Å². The molecular formula is C15H22N2O2. The maximum absolute atomic E-state index is 11.9. The van der Waals surface area contributed by atoms with Crippen LogP contribution in [0, 0.1) is 0 Å². The zero-order valence-electron chi connectivity index (χ0n) is 11.7. The van der Waals surface area contributed by atoms with E-state index >= 15 is 0 Å². The number of rotatable bonds is 4. The summed E-state index contributed by atoms with van der Waals surface area (Å²) >= 11 is 0. The zero-order valence-corrected chi connectivity index (χ0v) is 11.7. The molecule has 2 rings (SSSR count). The molecular weight excluding hydrogens is 240 g/mol. The molecule has 1 atom stereocenters. The van der Waals surface area contributed by atoms with Crippen molar-refractivity contribution in [1.82, 2.24) is 4.90 Å². The van der Waals surface area contributed by atoms with Crippen LogP contribution in [-0.2, 0) is 17.8 Å². The Morgan fingerprint density at radius 1 is 1.47 bits per heavy atom. The van der Waals surface area contributed by atoms with Crippen molar-refractivity contribution in [2.75, 3.05) is 13.2 Å². The standard InChI is InChI=1S/C15H22N2O2/c1-3-8-19-14-5-4-13-10-17(15(18)11(2)16)7-6-12(13)9-14/h4-5,9,11H,3,6-8,10,16H2,1-2H3/t11-/m1/s1. The van der Waals surface area contributed by atoms with Gasteiger partial charge in [0.25, 0.3) is 0 Å². The number of ether oxygens (including phenoxy) is 1. The van der Waals surface area contributed by atoms with Crippen molar-refractivity contribution in [1.29, 1.82) is 0 Å². The van der Waals surface area contributed by atoms with E-state index < -0.39 is 6.04 Å². The third kappa shape index (κ3) is 3.26. The molecule has 0 saturated heterocycles. The maximum atomic E-state index is 11.9. The molecule has 4 heteroatoms. The first-order chi connectivity index (χ1) is 9.11. The highest BCUT2D eigenvalue weighted by atomic mass is 16.5. The van der Waals surface area contributed by atoms with E-state index in [4.69, 9.17) is 10.5 Å². The van der Waals surface area contributed by atoms with Gasteiger partial charge in [0, 0.05) is 13.1 Å². The number of benzene rings is 1. The summed E-state index contributed by atoms with van der Waals surface area (Å²) in [6, 6.07) is 5.71. The molecule has 0 spiro atoms. The SMILES string of the molecule is CCCOc1ccc2c(c1)CCN(C(=O)[C@@H](C)N)C2. The van der Waals surface area contributed by atoms with Crippen molar-refractivity contribution >= 4 is 5.91 Å². The van der Waals surface area contributed by atoms with E-state index in [1.165, 1.54) is 11.1 Å². The van der Waals surface area contributed by atoms with Gasteiger partial charge < -0.3 is 15.4 Å². The van der Waals surface area contributed by atoms with Gasteiger partial charge >= 0.3 is 0 Å². The molecule has 0 unspecified atom stereocenters. The Labute approximate surface area is 114 Å². The van der Waals surface area contributed by atoms with Crippen LogP contribution >= 0.6 is 0 Å². The van der Waals surface area contributed by atoms with Gasteiger partial charge in [-0.15, -0.1) is 0 Å². The van der Waals surface area contributed by atoms with Crippen molar-refractivity contribution in [2.24, 2.45) is 5.73 Å². The van der Waals surface area contributed by atoms with Gasteiger partial charge in [0.15, 0.2) is 0 Å². The van der Waals surface area contributed by atoms with Gasteiger partial charge in [-0.3, -0.25) is 4.79 Å². The molecule has 0 aliphatic carbocycles. The summed E-state index contributed by atoms with van der Waals surface area (Å²) in [5, 5.41) is 0. The predicted molar refractivity (Wildman–Crippen MR) is 75.0 cm³/mol. The summed E-state index contributed by atoms with van der Waals surface area (Å²) in [6.45, 7) is 5.97. The monoisotopic (exact) mass is 262 g/mol. The Bertz CT molecular complexity index is 457. The molecule has 2 N–H and O–H groups in total. The fraction of sp³-hybridized carbons (Fsp3) is 0.533. The van der Waals surface area contributed by atoms with Gasteiger partial charge in [0.2, 0.25) is 5.91 Å². The second kappa shape index (κ2) is 6.06. The van der Waals surface area contributed by atoms with Gasteiger partial charge in [0.05, 0.1) is 12.6 Å². The van der Waals surface area contributed by atoms with E-state index in [1.807, 2.05) is 11.0 Å². The van der Waals surface area contributed by atoms with Crippen LogP contribution in [0.5, 0.6) is 5.75 Å². The topological polar surface area (TPSA) is 55.6 Å². The molecule has 1 aromatic rings. The lowest BCUT2D eigenvalue weighted by Crippen LogP contribution is -2.44. The van der Waals surface area contributed by atoms with E-state index in [-0.39, 0.29) is 5.91 Å². The summed E-state index contributed by atoms with van der Waals surface area (Å²) in [5.74, 6) is 0.949. The van der Waals surface area contributed by atoms with Crippen molar-refractivity contribution in [3.8, 4) is 5.75 Å². The Morgan fingerprint density at radius 2 is 2.26 bits per heavy atom. The van der Waals surface area contributed by atoms with E-state index in [0.29, 0.717) is 6.54 Å². The summed E-state index contributed by atoms with van der Waals surface area (Å²) < 4.78 is 5.63. The Morgan fingerprint density at radius 3 is 2.95 bits per heavy atom. The molecule has 19 heavy (non-hydrogen) atoms. The molecule has 0 saturated carbocycles. The van der Waals surface area contributed by atoms with Crippen LogP contribution in [0.4, 0.5) is 0 Å². The summed E-state index contributed by atoms with van der Waals surface area (Å²) in [6.07, 6.45) is 1.88. The van der Waals surface area contributed by atoms with Crippen molar-refractivity contribution in [3.05, 3.63) is 29.3 Å². The number of fused-ring (bicyclic) bond motifs is 1. The molecule has 1 aromatic carbocycles. The minimum atomic E-state index is -0.422. The molecule has 1 amide bonds. The number of amides is 1. The molecule has 4 nitrogen and oxygen atoms in total. The lowest BCUT2D eigenvalue weighted by molar-refractivity contribution is -0.133. The van der Waals surface area contributed by atoms with Crippen LogP contribution in [0.15, 0.2) is 18.2 Å². The third-order valence-corrected chi connectivity index (χ3v) is 3.36. The van der Waals surface area contributed by atoms with Crippen molar-refractivity contribution in [2.45, 2.75) is 39.3 Å². The highest BCUT2D eigenvalue weighted by molar-refractivity contribution is 5.81. The molecule has 1 aliphatic rings. The van der Waals surface area contributed by atoms with Gasteiger partial charge in [-0.2, -0.15) is 0 Å². The zero-order chi connectivity index (χ0) is 13.8. The van der Waals surface area contributed by atoms with E-state index in [9.17, 15) is 4.79 Å². The first-order valence-corrected chi connectivity index (χ1v) is 6.90. The summed E-state index contributed by atoms with van der Waals surface area (Å²) in [7, 11) is 0. The van der Waals surface area contributed by atoms with E-state index in [0.717, 1.165) is 31.7 Å². The average molecular weight is 262 g/mol. The lowest BCUT2D eigenvalue weighted by Gasteiger charge is -2.30. The largest absolute Gasteiger partial charge is 0.494 e. The number of hydrogen-bond acceptors (Lipinski definition) is 3. The lowest BCUT2D eigenvalue weighted by atomic mass is 9.99. The van der Waals surface area contributed by atoms with E-state index in [1.54, 1.807) is 6.92 Å². The Kier molecular flexibility index (Phi) is 4.43. The van der Waals surface area contributed by atoms with Crippen molar-refractivity contribution in [3.63, 3.8) is 0 Å². The molecule has 104 valence electrons. The highest BCUT2D eigenvalue weighted by Gasteiger charge is 2.22. The second-order valence-electron chi connectivity index (χ2n) is 5.08. The summed E-state index contributed by atoms with van der Waals surface area (Å²) in [4.78, 5) is 13.7.